The van der Waals surface area contributed by atoms with Gasteiger partial charge in [0.2, 0.25) is 11.8 Å². The maximum absolute atomic E-state index is 13.5. The van der Waals surface area contributed by atoms with Gasteiger partial charge in [-0.3, -0.25) is 14.4 Å². The first-order valence-corrected chi connectivity index (χ1v) is 13.5. The van der Waals surface area contributed by atoms with Crippen LogP contribution in [0.4, 0.5) is 0 Å². The van der Waals surface area contributed by atoms with E-state index in [9.17, 15) is 14.4 Å². The number of hydrogen-bond acceptors (Lipinski definition) is 3. The molecule has 2 aromatic carbocycles. The summed E-state index contributed by atoms with van der Waals surface area (Å²) in [6, 6.07) is 14.1. The molecule has 0 aromatic heterocycles. The zero-order valence-corrected chi connectivity index (χ0v) is 20.6. The lowest BCUT2D eigenvalue weighted by Gasteiger charge is -2.38. The highest BCUT2D eigenvalue weighted by molar-refractivity contribution is 6.07. The molecule has 6 heteroatoms. The second-order valence-corrected chi connectivity index (χ2v) is 10.6. The highest BCUT2D eigenvalue weighted by atomic mass is 16.2. The summed E-state index contributed by atoms with van der Waals surface area (Å²) in [5, 5.41) is 5.26. The van der Waals surface area contributed by atoms with Gasteiger partial charge in [0.05, 0.1) is 11.8 Å². The van der Waals surface area contributed by atoms with Crippen molar-refractivity contribution >= 4 is 28.5 Å². The SMILES string of the molecule is O=C(NC1CCCCC1)C1CCCN(C(=O)C2CCCN(C(=O)c3cccc4ccccc34)C2)C1. The van der Waals surface area contributed by atoms with Crippen molar-refractivity contribution in [2.75, 3.05) is 26.2 Å². The van der Waals surface area contributed by atoms with Crippen LogP contribution < -0.4 is 5.32 Å². The van der Waals surface area contributed by atoms with Crippen molar-refractivity contribution in [1.82, 2.24) is 15.1 Å². The summed E-state index contributed by atoms with van der Waals surface area (Å²) in [6.07, 6.45) is 9.12. The summed E-state index contributed by atoms with van der Waals surface area (Å²) in [6.45, 7) is 2.35. The lowest BCUT2D eigenvalue weighted by molar-refractivity contribution is -0.140. The second-order valence-electron chi connectivity index (χ2n) is 10.6. The Hall–Kier alpha value is -2.89. The molecule has 186 valence electrons. The Morgan fingerprint density at radius 1 is 0.714 bits per heavy atom. The van der Waals surface area contributed by atoms with Crippen molar-refractivity contribution in [2.24, 2.45) is 11.8 Å². The molecule has 3 amide bonds. The molecule has 0 spiro atoms. The van der Waals surface area contributed by atoms with Crippen LogP contribution >= 0.6 is 0 Å². The van der Waals surface area contributed by atoms with Crippen molar-refractivity contribution in [3.63, 3.8) is 0 Å². The first kappa shape index (κ1) is 23.8. The topological polar surface area (TPSA) is 69.7 Å². The molecule has 2 aromatic rings. The van der Waals surface area contributed by atoms with Gasteiger partial charge in [0.1, 0.15) is 0 Å². The number of nitrogens with zero attached hydrogens (tertiary/aromatic N) is 2. The lowest BCUT2D eigenvalue weighted by Crippen LogP contribution is -2.51. The summed E-state index contributed by atoms with van der Waals surface area (Å²) in [7, 11) is 0. The van der Waals surface area contributed by atoms with Gasteiger partial charge >= 0.3 is 0 Å². The first-order chi connectivity index (χ1) is 17.1. The third-order valence-corrected chi connectivity index (χ3v) is 8.13. The van der Waals surface area contributed by atoms with Crippen LogP contribution in [-0.2, 0) is 9.59 Å². The van der Waals surface area contributed by atoms with Crippen LogP contribution in [0.3, 0.4) is 0 Å². The molecule has 6 nitrogen and oxygen atoms in total. The number of nitrogens with one attached hydrogen (secondary N) is 1. The number of carbonyl (C=O) groups excluding carboxylic acids is 3. The molecule has 2 saturated heterocycles. The van der Waals surface area contributed by atoms with Crippen LogP contribution in [0.2, 0.25) is 0 Å². The maximum atomic E-state index is 13.5. The summed E-state index contributed by atoms with van der Waals surface area (Å²) < 4.78 is 0. The molecule has 0 bridgehead atoms. The number of likely N-dealkylation sites (tertiary alicyclic amines) is 2. The molecule has 1 aliphatic carbocycles. The third-order valence-electron chi connectivity index (χ3n) is 8.13. The normalized spacial score (nSPS) is 23.8. The Bertz CT molecular complexity index is 1070. The standard InChI is InChI=1S/C29H37N3O3/c33-27(30-24-13-2-1-3-14-24)22-11-7-17-31(19-22)28(34)23-12-8-18-32(20-23)29(35)26-16-6-10-21-9-4-5-15-25(21)26/h4-6,9-10,15-16,22-24H,1-3,7-8,11-14,17-20H2,(H,30,33). The molecule has 3 aliphatic rings. The molecular weight excluding hydrogens is 438 g/mol. The monoisotopic (exact) mass is 475 g/mol. The zero-order chi connectivity index (χ0) is 24.2. The molecule has 2 unspecified atom stereocenters. The molecule has 1 saturated carbocycles. The van der Waals surface area contributed by atoms with Crippen LogP contribution in [0.25, 0.3) is 10.8 Å². The van der Waals surface area contributed by atoms with Crippen molar-refractivity contribution < 1.29 is 14.4 Å². The van der Waals surface area contributed by atoms with Gasteiger partial charge in [0, 0.05) is 37.8 Å². The fourth-order valence-electron chi connectivity index (χ4n) is 6.16. The predicted octanol–water partition coefficient (Wildman–Crippen LogP) is 4.38. The fraction of sp³-hybridized carbons (Fsp3) is 0.552. The second kappa shape index (κ2) is 10.8. The van der Waals surface area contributed by atoms with Crippen molar-refractivity contribution in [3.05, 3.63) is 48.0 Å². The fourth-order valence-corrected chi connectivity index (χ4v) is 6.16. The average molecular weight is 476 g/mol. The van der Waals surface area contributed by atoms with Crippen LogP contribution in [0.5, 0.6) is 0 Å². The number of amides is 3. The van der Waals surface area contributed by atoms with E-state index in [-0.39, 0.29) is 29.6 Å². The van der Waals surface area contributed by atoms with Gasteiger partial charge in [-0.15, -0.1) is 0 Å². The minimum Gasteiger partial charge on any atom is -0.353 e. The number of carbonyl (C=O) groups is 3. The van der Waals surface area contributed by atoms with E-state index in [1.807, 2.05) is 52.3 Å². The number of benzene rings is 2. The minimum absolute atomic E-state index is 0.00248. The van der Waals surface area contributed by atoms with Crippen molar-refractivity contribution in [3.8, 4) is 0 Å². The summed E-state index contributed by atoms with van der Waals surface area (Å²) in [4.78, 5) is 43.6. The van der Waals surface area contributed by atoms with Crippen LogP contribution in [0, 0.1) is 11.8 Å². The van der Waals surface area contributed by atoms with Gasteiger partial charge in [0.25, 0.3) is 5.91 Å². The Morgan fingerprint density at radius 2 is 1.40 bits per heavy atom. The van der Waals surface area contributed by atoms with Crippen molar-refractivity contribution in [1.29, 1.82) is 0 Å². The Labute approximate surface area is 208 Å². The van der Waals surface area contributed by atoms with Crippen molar-refractivity contribution in [2.45, 2.75) is 63.8 Å². The number of hydrogen-bond donors (Lipinski definition) is 1. The molecular formula is C29H37N3O3. The van der Waals surface area contributed by atoms with E-state index >= 15 is 0 Å². The number of rotatable bonds is 4. The van der Waals surface area contributed by atoms with Gasteiger partial charge in [-0.25, -0.2) is 0 Å². The summed E-state index contributed by atoms with van der Waals surface area (Å²) >= 11 is 0. The smallest absolute Gasteiger partial charge is 0.254 e. The maximum Gasteiger partial charge on any atom is 0.254 e. The Kier molecular flexibility index (Phi) is 7.35. The van der Waals surface area contributed by atoms with Crippen LogP contribution in [0.1, 0.15) is 68.1 Å². The van der Waals surface area contributed by atoms with E-state index in [1.54, 1.807) is 0 Å². The molecule has 2 aliphatic heterocycles. The van der Waals surface area contributed by atoms with Gasteiger partial charge in [-0.2, -0.15) is 0 Å². The average Bonchev–Trinajstić information content (AvgIpc) is 2.92. The minimum atomic E-state index is -0.192. The molecule has 0 radical (unpaired) electrons. The molecule has 1 N–H and O–H groups in total. The number of fused-ring (bicyclic) bond motifs is 1. The van der Waals surface area contributed by atoms with Crippen LogP contribution in [0.15, 0.2) is 42.5 Å². The van der Waals surface area contributed by atoms with E-state index in [1.165, 1.54) is 19.3 Å². The van der Waals surface area contributed by atoms with E-state index in [0.717, 1.165) is 49.3 Å². The highest BCUT2D eigenvalue weighted by Gasteiger charge is 2.35. The lowest BCUT2D eigenvalue weighted by atomic mass is 9.91. The quantitative estimate of drug-likeness (QED) is 0.714. The highest BCUT2D eigenvalue weighted by Crippen LogP contribution is 2.27. The van der Waals surface area contributed by atoms with Gasteiger partial charge in [-0.1, -0.05) is 55.7 Å². The number of piperidine rings is 2. The summed E-state index contributed by atoms with van der Waals surface area (Å²) in [5.74, 6) is -0.0847. The van der Waals surface area contributed by atoms with Gasteiger partial charge in [-0.05, 0) is 55.4 Å². The molecule has 35 heavy (non-hydrogen) atoms. The van der Waals surface area contributed by atoms with E-state index in [2.05, 4.69) is 5.32 Å². The van der Waals surface area contributed by atoms with E-state index in [0.29, 0.717) is 37.8 Å². The molecule has 5 rings (SSSR count). The first-order valence-electron chi connectivity index (χ1n) is 13.5. The van der Waals surface area contributed by atoms with Gasteiger partial charge < -0.3 is 15.1 Å². The Balaban J connectivity index is 1.21. The Morgan fingerprint density at radius 3 is 2.23 bits per heavy atom. The zero-order valence-electron chi connectivity index (χ0n) is 20.6. The largest absolute Gasteiger partial charge is 0.353 e. The van der Waals surface area contributed by atoms with E-state index < -0.39 is 0 Å². The third kappa shape index (κ3) is 5.36. The predicted molar refractivity (Wildman–Crippen MR) is 137 cm³/mol. The van der Waals surface area contributed by atoms with Gasteiger partial charge in [0.15, 0.2) is 0 Å². The van der Waals surface area contributed by atoms with E-state index in [4.69, 9.17) is 0 Å². The molecule has 2 atom stereocenters. The molecule has 3 fully saturated rings. The van der Waals surface area contributed by atoms with Crippen LogP contribution in [-0.4, -0.2) is 59.7 Å². The summed E-state index contributed by atoms with van der Waals surface area (Å²) in [5.41, 5.74) is 0.702. The molecule has 2 heterocycles.